The molecule has 15 heteroatoms. The van der Waals surface area contributed by atoms with Crippen LogP contribution in [0.4, 0.5) is 8.78 Å². The van der Waals surface area contributed by atoms with Crippen LogP contribution in [-0.4, -0.2) is 134 Å². The lowest BCUT2D eigenvalue weighted by Gasteiger charge is -2.62. The fourth-order valence-electron chi connectivity index (χ4n) is 12.4. The molecule has 6 N–H and O–H groups in total. The number of cyclic esters (lactones) is 1. The van der Waals surface area contributed by atoms with Crippen LogP contribution >= 0.6 is 0 Å². The molecule has 2 heterocycles. The number of aliphatic hydroxyl groups is 5. The fraction of sp³-hybridized carbons (Fsp3) is 0.851. The summed E-state index contributed by atoms with van der Waals surface area (Å²) in [5, 5.41) is 61.2. The van der Waals surface area contributed by atoms with E-state index in [0.717, 1.165) is 12.8 Å². The van der Waals surface area contributed by atoms with E-state index in [0.29, 0.717) is 45.2 Å². The van der Waals surface area contributed by atoms with Crippen molar-refractivity contribution >= 4 is 17.7 Å². The number of hydrogen-bond acceptors (Lipinski definition) is 12. The first kappa shape index (κ1) is 49.1. The molecule has 0 radical (unpaired) electrons. The molecular weight excluding hydrogens is 807 g/mol. The average molecular weight is 881 g/mol. The van der Waals surface area contributed by atoms with Crippen molar-refractivity contribution < 1.29 is 62.9 Å². The van der Waals surface area contributed by atoms with E-state index in [-0.39, 0.29) is 68.4 Å². The highest BCUT2D eigenvalue weighted by atomic mass is 19.1. The molecule has 4 aliphatic carbocycles. The predicted molar refractivity (Wildman–Crippen MR) is 225 cm³/mol. The minimum absolute atomic E-state index is 0.00470. The number of carbonyl (C=O) groups excluding carboxylic acids is 3. The van der Waals surface area contributed by atoms with Gasteiger partial charge in [-0.1, -0.05) is 33.8 Å². The normalized spacial score (nSPS) is 46.2. The molecule has 13 nitrogen and oxygen atoms in total. The standard InChI is InChI=1S/C47H74F2N2O11/c1-8-36-40(56)39(55)29(5)51(20-10-13-35(53)41(26(2)22-27(3)42(57)61-36)62-38-14-9-12-28(4)60-38)21-11-19-50-43(58)46(59)18-16-31-32-24-34(48)33-23-30(52)15-17-44(33,6)47(32,49)37(54)25-45(31,46)7/h15,17,26-29,31-32,35-41,53-56,59H,8-14,16,18-25H2,1-7H3,(H,50,58)/t26-,27+,28+,29+,31?,32?,35+,36+,37-,38-,39+,40+,41?,44-,45-,46-,47-/m0/s1. The number of esters is 1. The van der Waals surface area contributed by atoms with Gasteiger partial charge in [-0.15, -0.1) is 0 Å². The van der Waals surface area contributed by atoms with E-state index in [2.05, 4.69) is 5.32 Å². The van der Waals surface area contributed by atoms with Crippen LogP contribution in [0.5, 0.6) is 0 Å². The van der Waals surface area contributed by atoms with Gasteiger partial charge in [0.1, 0.15) is 23.6 Å². The summed E-state index contributed by atoms with van der Waals surface area (Å²) in [6.07, 6.45) is -0.799. The van der Waals surface area contributed by atoms with E-state index >= 15 is 8.78 Å². The maximum atomic E-state index is 17.6. The first-order valence-corrected chi connectivity index (χ1v) is 23.4. The summed E-state index contributed by atoms with van der Waals surface area (Å²) in [6, 6.07) is -0.635. The number of carbonyl (C=O) groups is 3. The number of ketones is 1. The van der Waals surface area contributed by atoms with Gasteiger partial charge in [-0.05, 0) is 121 Å². The average Bonchev–Trinajstić information content (AvgIpc) is 3.49. The van der Waals surface area contributed by atoms with Gasteiger partial charge in [-0.2, -0.15) is 0 Å². The first-order chi connectivity index (χ1) is 29.1. The summed E-state index contributed by atoms with van der Waals surface area (Å²) >= 11 is 0. The number of alkyl halides is 1. The van der Waals surface area contributed by atoms with Crippen molar-refractivity contribution in [3.8, 4) is 0 Å². The van der Waals surface area contributed by atoms with E-state index < -0.39 is 107 Å². The molecule has 2 aliphatic heterocycles. The maximum absolute atomic E-state index is 17.6. The Labute approximate surface area is 366 Å². The molecule has 2 saturated heterocycles. The van der Waals surface area contributed by atoms with Crippen molar-refractivity contribution in [2.75, 3.05) is 19.6 Å². The van der Waals surface area contributed by atoms with Gasteiger partial charge in [0.15, 0.2) is 17.7 Å². The number of nitrogens with one attached hydrogen (secondary N) is 1. The Morgan fingerprint density at radius 2 is 1.74 bits per heavy atom. The first-order valence-electron chi connectivity index (χ1n) is 23.4. The Bertz CT molecular complexity index is 1700. The summed E-state index contributed by atoms with van der Waals surface area (Å²) in [6.45, 7) is 13.3. The van der Waals surface area contributed by atoms with E-state index in [1.807, 2.05) is 18.7 Å². The molecule has 0 aromatic rings. The smallest absolute Gasteiger partial charge is 0.309 e. The monoisotopic (exact) mass is 881 g/mol. The number of fused-ring (bicyclic) bond motifs is 5. The van der Waals surface area contributed by atoms with Gasteiger partial charge in [-0.3, -0.25) is 19.3 Å². The molecule has 17 atom stereocenters. The second-order valence-corrected chi connectivity index (χ2v) is 20.3. The van der Waals surface area contributed by atoms with Gasteiger partial charge in [-0.25, -0.2) is 8.78 Å². The van der Waals surface area contributed by atoms with Crippen molar-refractivity contribution in [3.63, 3.8) is 0 Å². The van der Waals surface area contributed by atoms with Gasteiger partial charge in [0, 0.05) is 48.7 Å². The van der Waals surface area contributed by atoms with Gasteiger partial charge in [0.25, 0.3) is 5.91 Å². The van der Waals surface area contributed by atoms with Gasteiger partial charge in [0.05, 0.1) is 36.4 Å². The van der Waals surface area contributed by atoms with Crippen LogP contribution in [0.2, 0.25) is 0 Å². The molecular formula is C47H74F2N2O11. The minimum Gasteiger partial charge on any atom is -0.459 e. The van der Waals surface area contributed by atoms with Crippen LogP contribution < -0.4 is 5.32 Å². The number of allylic oxidation sites excluding steroid dienone is 4. The van der Waals surface area contributed by atoms with Crippen LogP contribution in [-0.2, 0) is 28.6 Å². The zero-order chi connectivity index (χ0) is 45.5. The lowest BCUT2D eigenvalue weighted by atomic mass is 9.45. The van der Waals surface area contributed by atoms with Gasteiger partial charge >= 0.3 is 5.97 Å². The van der Waals surface area contributed by atoms with Crippen molar-refractivity contribution in [1.29, 1.82) is 0 Å². The molecule has 0 spiro atoms. The van der Waals surface area contributed by atoms with Gasteiger partial charge < -0.3 is 45.1 Å². The van der Waals surface area contributed by atoms with E-state index in [9.17, 15) is 39.9 Å². The molecule has 2 saturated carbocycles. The number of amides is 1. The third-order valence-electron chi connectivity index (χ3n) is 16.3. The Morgan fingerprint density at radius 1 is 1.02 bits per heavy atom. The van der Waals surface area contributed by atoms with Crippen LogP contribution in [0.25, 0.3) is 0 Å². The number of nitrogens with zero attached hydrogens (tertiary/aromatic N) is 1. The SMILES string of the molecule is CC[C@H]1OC(=O)[C@H](C)C[C@H](C)C(O[C@H]2CCC[C@@H](C)O2)[C@H](O)CCCN(CCCNC(=O)[C@@]2(O)CCC3C4CC(F)=C5CC(=O)C=C[C@]5(C)[C@@]4(F)[C@@H](O)C[C@@]32C)[C@H](C)[C@@H](O)[C@@H]1O. The number of halogens is 2. The number of ether oxygens (including phenoxy) is 3. The summed E-state index contributed by atoms with van der Waals surface area (Å²) in [7, 11) is 0. The second-order valence-electron chi connectivity index (χ2n) is 20.3. The third-order valence-corrected chi connectivity index (χ3v) is 16.3. The van der Waals surface area contributed by atoms with Crippen LogP contribution in [0.1, 0.15) is 132 Å². The van der Waals surface area contributed by atoms with Crippen molar-refractivity contribution in [1.82, 2.24) is 10.2 Å². The molecule has 6 aliphatic rings. The molecule has 62 heavy (non-hydrogen) atoms. The van der Waals surface area contributed by atoms with Crippen molar-refractivity contribution in [2.24, 2.45) is 34.5 Å². The Hall–Kier alpha value is -2.37. The predicted octanol–water partition coefficient (Wildman–Crippen LogP) is 4.74. The van der Waals surface area contributed by atoms with Crippen molar-refractivity contribution in [2.45, 2.75) is 198 Å². The highest BCUT2D eigenvalue weighted by Crippen LogP contribution is 2.70. The molecule has 352 valence electrons. The van der Waals surface area contributed by atoms with Gasteiger partial charge in [0.2, 0.25) is 0 Å². The van der Waals surface area contributed by atoms with Crippen LogP contribution in [0.3, 0.4) is 0 Å². The summed E-state index contributed by atoms with van der Waals surface area (Å²) in [4.78, 5) is 41.6. The third kappa shape index (κ3) is 8.96. The molecule has 0 aromatic heterocycles. The zero-order valence-corrected chi connectivity index (χ0v) is 37.9. The zero-order valence-electron chi connectivity index (χ0n) is 37.9. The van der Waals surface area contributed by atoms with E-state index in [4.69, 9.17) is 14.2 Å². The highest BCUT2D eigenvalue weighted by molar-refractivity contribution is 5.93. The quantitative estimate of drug-likeness (QED) is 0.145. The fourth-order valence-corrected chi connectivity index (χ4v) is 12.4. The minimum atomic E-state index is -2.31. The van der Waals surface area contributed by atoms with E-state index in [1.54, 1.807) is 27.7 Å². The van der Waals surface area contributed by atoms with Crippen LogP contribution in [0, 0.1) is 34.5 Å². The Morgan fingerprint density at radius 3 is 2.44 bits per heavy atom. The molecule has 3 unspecified atom stereocenters. The highest BCUT2D eigenvalue weighted by Gasteiger charge is 2.74. The summed E-state index contributed by atoms with van der Waals surface area (Å²) in [5.41, 5.74) is -7.06. The lowest BCUT2D eigenvalue weighted by Crippen LogP contribution is -2.69. The van der Waals surface area contributed by atoms with Crippen molar-refractivity contribution in [3.05, 3.63) is 23.6 Å². The largest absolute Gasteiger partial charge is 0.459 e. The van der Waals surface area contributed by atoms with Crippen LogP contribution in [0.15, 0.2) is 23.6 Å². The maximum Gasteiger partial charge on any atom is 0.309 e. The van der Waals surface area contributed by atoms with E-state index in [1.165, 1.54) is 19.1 Å². The topological polar surface area (TPSA) is 195 Å². The molecule has 4 fully saturated rings. The molecule has 0 aromatic carbocycles. The Balaban J connectivity index is 1.14. The Kier molecular flexibility index (Phi) is 15.2. The molecule has 0 bridgehead atoms. The summed E-state index contributed by atoms with van der Waals surface area (Å²) in [5.74, 6) is -4.55. The second kappa shape index (κ2) is 19.2. The molecule has 6 rings (SSSR count). The summed E-state index contributed by atoms with van der Waals surface area (Å²) < 4.78 is 51.6. The molecule has 1 amide bonds. The number of hydrogen-bond donors (Lipinski definition) is 6. The number of rotatable bonds is 8. The lowest BCUT2D eigenvalue weighted by molar-refractivity contribution is -0.236. The number of aliphatic hydroxyl groups excluding tert-OH is 4.